The molecular weight excluding hydrogens is 731 g/mol. The van der Waals surface area contributed by atoms with Crippen molar-refractivity contribution in [3.63, 3.8) is 0 Å². The lowest BCUT2D eigenvalue weighted by Crippen LogP contribution is -2.42. The van der Waals surface area contributed by atoms with Gasteiger partial charge < -0.3 is 15.0 Å². The molecule has 4 saturated carbocycles. The molecule has 0 aliphatic heterocycles. The molecule has 0 unspecified atom stereocenters. The number of ether oxygens (including phenoxy) is 1. The lowest BCUT2D eigenvalue weighted by atomic mass is 10.0. The Balaban J connectivity index is 0.000000224. The number of rotatable bonds is 12. The first-order chi connectivity index (χ1) is 24.3. The van der Waals surface area contributed by atoms with Crippen LogP contribution in [0.3, 0.4) is 0 Å². The Morgan fingerprint density at radius 3 is 1.92 bits per heavy atom. The second kappa shape index (κ2) is 19.9. The summed E-state index contributed by atoms with van der Waals surface area (Å²) in [6, 6.07) is 0.977. The number of halogens is 3. The fraction of sp³-hybridized carbons (Fsp3) is 0.688. The molecule has 0 bridgehead atoms. The average molecular weight is 774 g/mol. The van der Waals surface area contributed by atoms with Gasteiger partial charge in [0.1, 0.15) is 12.4 Å². The number of esters is 1. The highest BCUT2D eigenvalue weighted by molar-refractivity contribution is 6.33. The molecule has 280 valence electrons. The van der Waals surface area contributed by atoms with Crippen LogP contribution in [0.1, 0.15) is 97.3 Å². The molecule has 2 aromatic rings. The summed E-state index contributed by atoms with van der Waals surface area (Å²) in [4.78, 5) is 65.5. The van der Waals surface area contributed by atoms with Crippen LogP contribution in [0.25, 0.3) is 0 Å². The van der Waals surface area contributed by atoms with E-state index in [1.165, 1.54) is 51.5 Å². The van der Waals surface area contributed by atoms with Gasteiger partial charge in [-0.3, -0.25) is 25.0 Å². The minimum atomic E-state index is -0.682. The smallest absolute Gasteiger partial charge is 0.373 e. The topological polar surface area (TPSA) is 214 Å². The molecule has 0 atom stereocenters. The molecule has 4 fully saturated rings. The predicted octanol–water partition coefficient (Wildman–Crippen LogP) is 6.95. The van der Waals surface area contributed by atoms with E-state index in [-0.39, 0.29) is 51.1 Å². The Hall–Kier alpha value is -3.56. The van der Waals surface area contributed by atoms with Crippen molar-refractivity contribution in [3.05, 3.63) is 48.3 Å². The molecule has 19 heteroatoms. The highest BCUT2D eigenvalue weighted by Crippen LogP contribution is 2.50. The van der Waals surface area contributed by atoms with E-state index in [4.69, 9.17) is 49.1 Å². The van der Waals surface area contributed by atoms with E-state index < -0.39 is 15.3 Å². The summed E-state index contributed by atoms with van der Waals surface area (Å²) >= 11 is 16.5. The van der Waals surface area contributed by atoms with Gasteiger partial charge in [-0.2, -0.15) is 19.6 Å². The maximum absolute atomic E-state index is 12.4. The summed E-state index contributed by atoms with van der Waals surface area (Å²) in [6.45, 7) is 6.10. The minimum absolute atomic E-state index is 0.0374. The zero-order valence-electron chi connectivity index (χ0n) is 28.7. The van der Waals surface area contributed by atoms with E-state index in [0.717, 1.165) is 62.4 Å². The van der Waals surface area contributed by atoms with Gasteiger partial charge in [-0.1, -0.05) is 44.2 Å². The summed E-state index contributed by atoms with van der Waals surface area (Å²) in [5, 5.41) is 24.9. The third-order valence-corrected chi connectivity index (χ3v) is 10.4. The number of aromatic nitrogens is 4. The second-order valence-corrected chi connectivity index (χ2v) is 14.1. The molecule has 2 heterocycles. The van der Waals surface area contributed by atoms with Crippen molar-refractivity contribution in [1.82, 2.24) is 25.3 Å². The largest absolute Gasteiger partial charge is 0.466 e. The third-order valence-electron chi connectivity index (χ3n) is 9.71. The van der Waals surface area contributed by atoms with E-state index in [2.05, 4.69) is 32.2 Å². The lowest BCUT2D eigenvalue weighted by molar-refractivity contribution is -0.385. The Bertz CT molecular complexity index is 1530. The molecule has 2 aromatic heterocycles. The molecular formula is C32H43Cl3N8O8. The van der Waals surface area contributed by atoms with Gasteiger partial charge in [-0.15, -0.1) is 0 Å². The molecule has 51 heavy (non-hydrogen) atoms. The van der Waals surface area contributed by atoms with Gasteiger partial charge in [0.25, 0.3) is 0 Å². The van der Waals surface area contributed by atoms with Crippen molar-refractivity contribution in [2.45, 2.75) is 109 Å². The summed E-state index contributed by atoms with van der Waals surface area (Å²) < 4.78 is 5.21. The fourth-order valence-electron chi connectivity index (χ4n) is 6.25. The van der Waals surface area contributed by atoms with Gasteiger partial charge in [-0.05, 0) is 93.3 Å². The van der Waals surface area contributed by atoms with Gasteiger partial charge in [0.15, 0.2) is 0 Å². The summed E-state index contributed by atoms with van der Waals surface area (Å²) in [7, 11) is 0. The highest BCUT2D eigenvalue weighted by Gasteiger charge is 2.53. The van der Waals surface area contributed by atoms with E-state index in [1.54, 1.807) is 6.92 Å². The first-order valence-electron chi connectivity index (χ1n) is 17.0. The number of hydrogen-bond donors (Lipinski definition) is 1. The van der Waals surface area contributed by atoms with E-state index in [1.807, 2.05) is 4.90 Å². The third kappa shape index (κ3) is 12.6. The number of nitrogens with one attached hydrogen (secondary N) is 1. The number of carbonyl (C=O) groups excluding carboxylic acids is 3. The Labute approximate surface area is 310 Å². The van der Waals surface area contributed by atoms with Crippen LogP contribution in [0.15, 0.2) is 12.4 Å². The number of anilines is 1. The van der Waals surface area contributed by atoms with Crippen molar-refractivity contribution < 1.29 is 29.0 Å². The maximum Gasteiger partial charge on any atom is 0.373 e. The molecule has 0 aromatic carbocycles. The van der Waals surface area contributed by atoms with Crippen LogP contribution in [0.5, 0.6) is 0 Å². The zero-order valence-corrected chi connectivity index (χ0v) is 30.9. The molecule has 0 amide bonds. The number of nitro groups is 2. The van der Waals surface area contributed by atoms with E-state index in [9.17, 15) is 25.0 Å². The Kier molecular flexibility index (Phi) is 16.3. The molecule has 4 aliphatic rings. The summed E-state index contributed by atoms with van der Waals surface area (Å²) in [5.41, 5.74) is -0.390. The van der Waals surface area contributed by atoms with Crippen molar-refractivity contribution in [1.29, 1.82) is 0 Å². The molecule has 0 radical (unpaired) electrons. The van der Waals surface area contributed by atoms with Crippen LogP contribution < -0.4 is 10.2 Å². The van der Waals surface area contributed by atoms with Crippen molar-refractivity contribution in [3.8, 4) is 0 Å². The van der Waals surface area contributed by atoms with Crippen molar-refractivity contribution >= 4 is 64.1 Å². The van der Waals surface area contributed by atoms with Gasteiger partial charge in [0.05, 0.1) is 21.9 Å². The number of hydrogen-bond acceptors (Lipinski definition) is 14. The molecule has 1 N–H and O–H groups in total. The predicted molar refractivity (Wildman–Crippen MR) is 188 cm³/mol. The normalized spacial score (nSPS) is 18.0. The zero-order chi connectivity index (χ0) is 37.6. The van der Waals surface area contributed by atoms with Gasteiger partial charge >= 0.3 is 23.5 Å². The van der Waals surface area contributed by atoms with Crippen LogP contribution in [0.4, 0.5) is 17.2 Å². The van der Waals surface area contributed by atoms with Crippen LogP contribution in [-0.4, -0.2) is 73.7 Å². The molecule has 6 rings (SSSR count). The molecule has 0 saturated heterocycles. The summed E-state index contributed by atoms with van der Waals surface area (Å²) in [6.07, 6.45) is 17.8. The highest BCUT2D eigenvalue weighted by atomic mass is 35.5. The Morgan fingerprint density at radius 1 is 0.922 bits per heavy atom. The fourth-order valence-corrected chi connectivity index (χ4v) is 6.75. The van der Waals surface area contributed by atoms with Crippen LogP contribution in [0, 0.1) is 31.1 Å². The van der Waals surface area contributed by atoms with Crippen molar-refractivity contribution in [2.24, 2.45) is 10.8 Å². The summed E-state index contributed by atoms with van der Waals surface area (Å²) in [5.74, 6) is -0.0340. The van der Waals surface area contributed by atoms with E-state index in [0.29, 0.717) is 13.2 Å². The van der Waals surface area contributed by atoms with Crippen molar-refractivity contribution in [2.75, 3.05) is 24.6 Å². The Morgan fingerprint density at radius 2 is 1.45 bits per heavy atom. The maximum atomic E-state index is 12.4. The molecule has 0 spiro atoms. The molecule has 16 nitrogen and oxygen atoms in total. The standard InChI is InChI=1S/C16H21ClN4O4.C11H21N.C4HCl2N3O2.CO2/c1-2-25-14(22)16(7-8-16)10-20(11-5-3-4-6-11)13-12(21(23)24)9-18-15(17)19-13;1-2-11(7-8-11)9-12-10-5-3-4-6-10;5-3-2(9(10)11)1-7-4(6)8-3;2-1-3/h9,11H,2-8,10H2,1H3;10,12H,2-9H2,1H3;1H;. The second-order valence-electron chi connectivity index (χ2n) is 13.0. The lowest BCUT2D eigenvalue weighted by Gasteiger charge is -2.32. The van der Waals surface area contributed by atoms with Crippen LogP contribution in [-0.2, 0) is 19.1 Å². The van der Waals surface area contributed by atoms with Gasteiger partial charge in [-0.25, -0.2) is 9.97 Å². The average Bonchev–Trinajstić information content (AvgIpc) is 3.91. The molecule has 4 aliphatic carbocycles. The monoisotopic (exact) mass is 772 g/mol. The minimum Gasteiger partial charge on any atom is -0.466 e. The SMILES string of the molecule is CCC1(CNC2CCCC2)CC1.CCOC(=O)C1(CN(c2nc(Cl)ncc2[N+](=O)[O-])C2CCCC2)CC1.O=C=O.O=[N+]([O-])c1cnc(Cl)nc1Cl. The van der Waals surface area contributed by atoms with Gasteiger partial charge in [0.2, 0.25) is 21.5 Å². The first-order valence-corrected chi connectivity index (χ1v) is 18.1. The van der Waals surface area contributed by atoms with Gasteiger partial charge in [0, 0.05) is 25.2 Å². The van der Waals surface area contributed by atoms with Crippen LogP contribution >= 0.6 is 34.8 Å². The number of carbonyl (C=O) groups is 1. The quantitative estimate of drug-likeness (QED) is 0.0760. The number of nitrogens with zero attached hydrogens (tertiary/aromatic N) is 7. The first kappa shape index (κ1) is 41.9. The van der Waals surface area contributed by atoms with E-state index >= 15 is 0 Å². The van der Waals surface area contributed by atoms with Crippen LogP contribution in [0.2, 0.25) is 15.7 Å².